The van der Waals surface area contributed by atoms with Crippen molar-refractivity contribution in [3.8, 4) is 11.5 Å². The van der Waals surface area contributed by atoms with Crippen LogP contribution in [0.2, 0.25) is 5.02 Å². The summed E-state index contributed by atoms with van der Waals surface area (Å²) in [7, 11) is 1.91. The van der Waals surface area contributed by atoms with Crippen LogP contribution >= 0.6 is 11.6 Å². The Hall–Kier alpha value is -1.71. The zero-order chi connectivity index (χ0) is 14.7. The maximum atomic E-state index is 6.04. The predicted molar refractivity (Wildman–Crippen MR) is 84.4 cm³/mol. The van der Waals surface area contributed by atoms with Crippen molar-refractivity contribution < 1.29 is 9.47 Å². The van der Waals surface area contributed by atoms with Gasteiger partial charge in [-0.2, -0.15) is 0 Å². The number of rotatable bonds is 5. The van der Waals surface area contributed by atoms with Gasteiger partial charge in [-0.3, -0.25) is 0 Å². The van der Waals surface area contributed by atoms with Crippen LogP contribution in [0.1, 0.15) is 17.0 Å². The zero-order valence-corrected chi connectivity index (χ0v) is 12.7. The number of ether oxygens (including phenoxy) is 2. The topological polar surface area (TPSA) is 30.5 Å². The molecule has 1 aliphatic rings. The van der Waals surface area contributed by atoms with Gasteiger partial charge in [-0.1, -0.05) is 29.8 Å². The summed E-state index contributed by atoms with van der Waals surface area (Å²) in [5.74, 6) is 2.12. The van der Waals surface area contributed by atoms with Crippen LogP contribution in [0.4, 0.5) is 0 Å². The highest BCUT2D eigenvalue weighted by molar-refractivity contribution is 6.30. The Morgan fingerprint density at radius 1 is 1.29 bits per heavy atom. The van der Waals surface area contributed by atoms with Crippen LogP contribution in [-0.4, -0.2) is 20.3 Å². The van der Waals surface area contributed by atoms with Crippen molar-refractivity contribution in [1.82, 2.24) is 5.32 Å². The van der Waals surface area contributed by atoms with Gasteiger partial charge in [-0.15, -0.1) is 0 Å². The Morgan fingerprint density at radius 3 is 3.00 bits per heavy atom. The summed E-state index contributed by atoms with van der Waals surface area (Å²) in [5, 5.41) is 3.86. The van der Waals surface area contributed by atoms with E-state index in [1.54, 1.807) is 0 Å². The van der Waals surface area contributed by atoms with E-state index in [1.807, 2.05) is 43.4 Å². The van der Waals surface area contributed by atoms with Gasteiger partial charge in [0.05, 0.1) is 19.1 Å². The number of hydrogen-bond donors (Lipinski definition) is 1. The Balaban J connectivity index is 1.71. The van der Waals surface area contributed by atoms with Crippen LogP contribution in [0.3, 0.4) is 0 Å². The fraction of sp³-hybridized carbons (Fsp3) is 0.294. The van der Waals surface area contributed by atoms with Gasteiger partial charge in [0.2, 0.25) is 0 Å². The first-order valence-electron chi connectivity index (χ1n) is 7.05. The van der Waals surface area contributed by atoms with Gasteiger partial charge >= 0.3 is 0 Å². The van der Waals surface area contributed by atoms with E-state index in [-0.39, 0.29) is 5.92 Å². The summed E-state index contributed by atoms with van der Waals surface area (Å²) in [6, 6.07) is 13.9. The lowest BCUT2D eigenvalue weighted by Crippen LogP contribution is -2.14. The van der Waals surface area contributed by atoms with Crippen LogP contribution in [0, 0.1) is 0 Å². The summed E-state index contributed by atoms with van der Waals surface area (Å²) >= 11 is 6.04. The third-order valence-electron chi connectivity index (χ3n) is 3.63. The third kappa shape index (κ3) is 3.14. The molecular formula is C17H18ClNO2. The molecule has 21 heavy (non-hydrogen) atoms. The lowest BCUT2D eigenvalue weighted by atomic mass is 10.0. The Morgan fingerprint density at radius 2 is 2.14 bits per heavy atom. The number of hydrogen-bond acceptors (Lipinski definition) is 3. The molecule has 1 unspecified atom stereocenters. The second kappa shape index (κ2) is 6.37. The SMILES string of the molecule is CNCc1cc(Cl)ccc1OCC1COc2ccccc21. The number of nitrogens with one attached hydrogen (secondary N) is 1. The van der Waals surface area contributed by atoms with Crippen molar-refractivity contribution in [1.29, 1.82) is 0 Å². The summed E-state index contributed by atoms with van der Waals surface area (Å²) in [6.07, 6.45) is 0. The van der Waals surface area contributed by atoms with Gasteiger partial charge in [0.1, 0.15) is 11.5 Å². The van der Waals surface area contributed by atoms with E-state index in [0.717, 1.165) is 28.6 Å². The number of halogens is 1. The first-order chi connectivity index (χ1) is 10.3. The largest absolute Gasteiger partial charge is 0.493 e. The van der Waals surface area contributed by atoms with E-state index in [1.165, 1.54) is 5.56 Å². The Bertz CT molecular complexity index is 630. The highest BCUT2D eigenvalue weighted by atomic mass is 35.5. The molecule has 0 spiro atoms. The molecule has 0 fully saturated rings. The standard InChI is InChI=1S/C17H18ClNO2/c1-19-9-12-8-14(18)6-7-16(12)20-10-13-11-21-17-5-3-2-4-15(13)17/h2-8,13,19H,9-11H2,1H3. The van der Waals surface area contributed by atoms with E-state index in [4.69, 9.17) is 21.1 Å². The molecule has 110 valence electrons. The minimum absolute atomic E-state index is 0.277. The lowest BCUT2D eigenvalue weighted by Gasteiger charge is -2.15. The molecule has 2 aromatic carbocycles. The van der Waals surface area contributed by atoms with Crippen molar-refractivity contribution in [3.63, 3.8) is 0 Å². The van der Waals surface area contributed by atoms with Crippen molar-refractivity contribution in [3.05, 3.63) is 58.6 Å². The van der Waals surface area contributed by atoms with Crippen LogP contribution in [0.25, 0.3) is 0 Å². The minimum atomic E-state index is 0.277. The van der Waals surface area contributed by atoms with Crippen molar-refractivity contribution in [2.75, 3.05) is 20.3 Å². The molecule has 2 aromatic rings. The Labute approximate surface area is 129 Å². The first-order valence-corrected chi connectivity index (χ1v) is 7.43. The van der Waals surface area contributed by atoms with Crippen molar-refractivity contribution in [2.24, 2.45) is 0 Å². The fourth-order valence-corrected chi connectivity index (χ4v) is 2.77. The molecule has 0 saturated carbocycles. The minimum Gasteiger partial charge on any atom is -0.493 e. The maximum Gasteiger partial charge on any atom is 0.123 e. The van der Waals surface area contributed by atoms with Gasteiger partial charge in [-0.25, -0.2) is 0 Å². The second-order valence-electron chi connectivity index (χ2n) is 5.14. The molecule has 0 radical (unpaired) electrons. The monoisotopic (exact) mass is 303 g/mol. The molecule has 4 heteroatoms. The molecule has 0 aromatic heterocycles. The third-order valence-corrected chi connectivity index (χ3v) is 3.86. The van der Waals surface area contributed by atoms with Gasteiger partial charge in [0, 0.05) is 22.7 Å². The molecule has 0 bridgehead atoms. The molecule has 1 heterocycles. The van der Waals surface area contributed by atoms with Gasteiger partial charge < -0.3 is 14.8 Å². The molecule has 3 nitrogen and oxygen atoms in total. The van der Waals surface area contributed by atoms with E-state index >= 15 is 0 Å². The van der Waals surface area contributed by atoms with Gasteiger partial charge in [-0.05, 0) is 31.3 Å². The van der Waals surface area contributed by atoms with Gasteiger partial charge in [0.25, 0.3) is 0 Å². The van der Waals surface area contributed by atoms with Crippen molar-refractivity contribution in [2.45, 2.75) is 12.5 Å². The molecule has 0 aliphatic carbocycles. The number of fused-ring (bicyclic) bond motifs is 1. The quantitative estimate of drug-likeness (QED) is 0.915. The summed E-state index contributed by atoms with van der Waals surface area (Å²) in [4.78, 5) is 0. The highest BCUT2D eigenvalue weighted by Gasteiger charge is 2.24. The van der Waals surface area contributed by atoms with Crippen LogP contribution < -0.4 is 14.8 Å². The summed E-state index contributed by atoms with van der Waals surface area (Å²) in [5.41, 5.74) is 2.29. The van der Waals surface area contributed by atoms with Crippen LogP contribution in [0.15, 0.2) is 42.5 Å². The summed E-state index contributed by atoms with van der Waals surface area (Å²) in [6.45, 7) is 2.01. The molecule has 0 saturated heterocycles. The van der Waals surface area contributed by atoms with E-state index < -0.39 is 0 Å². The molecule has 1 aliphatic heterocycles. The maximum absolute atomic E-state index is 6.04. The Kier molecular flexibility index (Phi) is 4.32. The second-order valence-corrected chi connectivity index (χ2v) is 5.58. The lowest BCUT2D eigenvalue weighted by molar-refractivity contribution is 0.246. The average Bonchev–Trinajstić information content (AvgIpc) is 2.90. The normalized spacial score (nSPS) is 16.4. The average molecular weight is 304 g/mol. The van der Waals surface area contributed by atoms with Crippen molar-refractivity contribution >= 4 is 11.6 Å². The predicted octanol–water partition coefficient (Wildman–Crippen LogP) is 3.61. The smallest absolute Gasteiger partial charge is 0.123 e. The molecule has 0 amide bonds. The van der Waals surface area contributed by atoms with Crippen LogP contribution in [-0.2, 0) is 6.54 Å². The molecule has 3 rings (SSSR count). The fourth-order valence-electron chi connectivity index (χ4n) is 2.58. The molecular weight excluding hydrogens is 286 g/mol. The van der Waals surface area contributed by atoms with E-state index in [0.29, 0.717) is 13.2 Å². The first kappa shape index (κ1) is 14.2. The zero-order valence-electron chi connectivity index (χ0n) is 11.9. The number of para-hydroxylation sites is 1. The highest BCUT2D eigenvalue weighted by Crippen LogP contribution is 2.34. The van der Waals surface area contributed by atoms with E-state index in [2.05, 4.69) is 11.4 Å². The molecule has 1 N–H and O–H groups in total. The van der Waals surface area contributed by atoms with Gasteiger partial charge in [0.15, 0.2) is 0 Å². The van der Waals surface area contributed by atoms with Crippen LogP contribution in [0.5, 0.6) is 11.5 Å². The van der Waals surface area contributed by atoms with E-state index in [9.17, 15) is 0 Å². The number of benzene rings is 2. The summed E-state index contributed by atoms with van der Waals surface area (Å²) < 4.78 is 11.7. The molecule has 1 atom stereocenters.